The van der Waals surface area contributed by atoms with Gasteiger partial charge in [-0.05, 0) is 42.8 Å². The molecule has 0 aliphatic carbocycles. The Morgan fingerprint density at radius 1 is 1.03 bits per heavy atom. The summed E-state index contributed by atoms with van der Waals surface area (Å²) < 4.78 is 6.70. The number of hydrogen-bond donors (Lipinski definition) is 3. The summed E-state index contributed by atoms with van der Waals surface area (Å²) >= 11 is 6.39. The van der Waals surface area contributed by atoms with Crippen molar-refractivity contribution < 1.29 is 14.3 Å². The Kier molecular flexibility index (Phi) is 7.16. The third kappa shape index (κ3) is 5.63. The molecule has 4 aromatic rings. The van der Waals surface area contributed by atoms with Gasteiger partial charge in [0, 0.05) is 24.1 Å². The highest BCUT2D eigenvalue weighted by atomic mass is 35.5. The molecule has 1 aliphatic rings. The van der Waals surface area contributed by atoms with E-state index in [4.69, 9.17) is 22.1 Å². The summed E-state index contributed by atoms with van der Waals surface area (Å²) in [5.74, 6) is 0.400. The maximum absolute atomic E-state index is 13.3. The van der Waals surface area contributed by atoms with E-state index >= 15 is 0 Å². The summed E-state index contributed by atoms with van der Waals surface area (Å²) in [6.45, 7) is 1.98. The summed E-state index contributed by atoms with van der Waals surface area (Å²) in [5.41, 5.74) is 8.25. The topological polar surface area (TPSA) is 124 Å². The number of amides is 2. The Labute approximate surface area is 218 Å². The molecule has 1 saturated heterocycles. The van der Waals surface area contributed by atoms with Crippen LogP contribution in [0.4, 0.5) is 11.6 Å². The summed E-state index contributed by atoms with van der Waals surface area (Å²) in [6, 6.07) is 21.1. The van der Waals surface area contributed by atoms with Gasteiger partial charge in [-0.2, -0.15) is 5.10 Å². The van der Waals surface area contributed by atoms with E-state index in [1.807, 2.05) is 30.3 Å². The number of ether oxygens (including phenoxy) is 1. The summed E-state index contributed by atoms with van der Waals surface area (Å²) in [4.78, 5) is 30.5. The minimum absolute atomic E-state index is 0.188. The zero-order valence-electron chi connectivity index (χ0n) is 19.9. The molecule has 2 aromatic carbocycles. The second-order valence-corrected chi connectivity index (χ2v) is 9.11. The lowest BCUT2D eigenvalue weighted by atomic mass is 10.0. The number of halogens is 1. The lowest BCUT2D eigenvalue weighted by molar-refractivity contribution is -0.0349. The van der Waals surface area contributed by atoms with Crippen molar-refractivity contribution in [2.24, 2.45) is 5.92 Å². The van der Waals surface area contributed by atoms with Crippen molar-refractivity contribution >= 4 is 35.1 Å². The number of rotatable bonds is 8. The third-order valence-corrected chi connectivity index (χ3v) is 6.34. The lowest BCUT2D eigenvalue weighted by Gasteiger charge is -2.25. The summed E-state index contributed by atoms with van der Waals surface area (Å²) in [7, 11) is 0. The molecular weight excluding hydrogens is 492 g/mol. The van der Waals surface area contributed by atoms with Crippen LogP contribution in [-0.2, 0) is 4.74 Å². The van der Waals surface area contributed by atoms with Crippen LogP contribution in [0.1, 0.15) is 27.3 Å². The van der Waals surface area contributed by atoms with Crippen LogP contribution in [0.3, 0.4) is 0 Å². The van der Waals surface area contributed by atoms with Crippen molar-refractivity contribution in [3.05, 3.63) is 89.1 Å². The van der Waals surface area contributed by atoms with Crippen molar-refractivity contribution in [3.63, 3.8) is 0 Å². The minimum atomic E-state index is -0.454. The van der Waals surface area contributed by atoms with Crippen molar-refractivity contribution in [3.8, 4) is 16.9 Å². The van der Waals surface area contributed by atoms with Crippen molar-refractivity contribution in [2.45, 2.75) is 6.42 Å². The number of nitrogens with zero attached hydrogens (tertiary/aromatic N) is 3. The number of nitrogens with two attached hydrogens (primary N) is 1. The van der Waals surface area contributed by atoms with Crippen LogP contribution in [-0.4, -0.2) is 46.3 Å². The number of aromatic nitrogens is 3. The first-order valence-corrected chi connectivity index (χ1v) is 12.2. The van der Waals surface area contributed by atoms with E-state index < -0.39 is 5.91 Å². The second kappa shape index (κ2) is 10.8. The van der Waals surface area contributed by atoms with E-state index in [2.05, 4.69) is 20.7 Å². The van der Waals surface area contributed by atoms with E-state index in [0.717, 1.165) is 19.6 Å². The molecule has 10 heteroatoms. The third-order valence-electron chi connectivity index (χ3n) is 6.01. The zero-order chi connectivity index (χ0) is 25.8. The fourth-order valence-electron chi connectivity index (χ4n) is 3.93. The van der Waals surface area contributed by atoms with Crippen molar-refractivity contribution in [1.29, 1.82) is 0 Å². The average molecular weight is 517 g/mol. The van der Waals surface area contributed by atoms with Gasteiger partial charge in [0.15, 0.2) is 5.69 Å². The molecule has 4 N–H and O–H groups in total. The SMILES string of the molecule is Nc1cccc(-c2ccc(Cl)c(C(=O)Nc3cc(C(=O)NCCC4COC4)nn3-c3ccccc3)c2)n1. The van der Waals surface area contributed by atoms with Crippen molar-refractivity contribution in [2.75, 3.05) is 30.8 Å². The zero-order valence-corrected chi connectivity index (χ0v) is 20.6. The highest BCUT2D eigenvalue weighted by Crippen LogP contribution is 2.26. The molecule has 5 rings (SSSR count). The van der Waals surface area contributed by atoms with E-state index in [-0.39, 0.29) is 22.2 Å². The molecule has 1 aliphatic heterocycles. The van der Waals surface area contributed by atoms with E-state index in [0.29, 0.717) is 41.0 Å². The fraction of sp³-hybridized carbons (Fsp3) is 0.185. The van der Waals surface area contributed by atoms with Gasteiger partial charge in [0.1, 0.15) is 11.6 Å². The number of nitrogen functional groups attached to an aromatic ring is 1. The second-order valence-electron chi connectivity index (χ2n) is 8.71. The molecule has 1 fully saturated rings. The normalized spacial score (nSPS) is 13.1. The predicted molar refractivity (Wildman–Crippen MR) is 142 cm³/mol. The first-order chi connectivity index (χ1) is 18.0. The van der Waals surface area contributed by atoms with Crippen LogP contribution >= 0.6 is 11.6 Å². The first-order valence-electron chi connectivity index (χ1n) is 11.8. The Balaban J connectivity index is 1.40. The van der Waals surface area contributed by atoms with Gasteiger partial charge in [-0.15, -0.1) is 0 Å². The monoisotopic (exact) mass is 516 g/mol. The molecule has 0 spiro atoms. The Morgan fingerprint density at radius 2 is 1.84 bits per heavy atom. The molecule has 0 bridgehead atoms. The van der Waals surface area contributed by atoms with Crippen LogP contribution in [0.25, 0.3) is 16.9 Å². The highest BCUT2D eigenvalue weighted by molar-refractivity contribution is 6.34. The number of pyridine rings is 1. The molecule has 0 radical (unpaired) electrons. The lowest BCUT2D eigenvalue weighted by Crippen LogP contribution is -2.33. The van der Waals surface area contributed by atoms with Gasteiger partial charge in [0.25, 0.3) is 11.8 Å². The largest absolute Gasteiger partial charge is 0.384 e. The van der Waals surface area contributed by atoms with Crippen LogP contribution in [0, 0.1) is 5.92 Å². The number of anilines is 2. The Bertz CT molecular complexity index is 1440. The Morgan fingerprint density at radius 3 is 2.57 bits per heavy atom. The minimum Gasteiger partial charge on any atom is -0.384 e. The molecule has 0 atom stereocenters. The number of benzene rings is 2. The van der Waals surface area contributed by atoms with E-state index in [9.17, 15) is 9.59 Å². The predicted octanol–water partition coefficient (Wildman–Crippen LogP) is 4.19. The molecule has 9 nitrogen and oxygen atoms in total. The number of carbonyl (C=O) groups is 2. The quantitative estimate of drug-likeness (QED) is 0.322. The average Bonchev–Trinajstić information content (AvgIpc) is 3.30. The number of nitrogens with one attached hydrogen (secondary N) is 2. The van der Waals surface area contributed by atoms with Gasteiger partial charge in [0.2, 0.25) is 0 Å². The van der Waals surface area contributed by atoms with E-state index in [1.54, 1.807) is 42.5 Å². The van der Waals surface area contributed by atoms with Crippen LogP contribution in [0.5, 0.6) is 0 Å². The van der Waals surface area contributed by atoms with E-state index in [1.165, 1.54) is 4.68 Å². The summed E-state index contributed by atoms with van der Waals surface area (Å²) in [5, 5.41) is 10.5. The number of hydrogen-bond acceptors (Lipinski definition) is 6. The van der Waals surface area contributed by atoms with Gasteiger partial charge in [-0.1, -0.05) is 41.9 Å². The van der Waals surface area contributed by atoms with Gasteiger partial charge < -0.3 is 21.1 Å². The Hall–Kier alpha value is -4.21. The van der Waals surface area contributed by atoms with Crippen LogP contribution in [0.15, 0.2) is 72.8 Å². The standard InChI is InChI=1S/C27H25ClN6O3/c28-21-10-9-18(22-7-4-8-24(29)31-22)13-20(21)26(35)32-25-14-23(27(36)30-12-11-17-15-37-16-17)33-34(25)19-5-2-1-3-6-19/h1-10,13-14,17H,11-12,15-16H2,(H2,29,31)(H,30,36)(H,32,35). The molecule has 37 heavy (non-hydrogen) atoms. The molecule has 2 amide bonds. The van der Waals surface area contributed by atoms with Gasteiger partial charge >= 0.3 is 0 Å². The van der Waals surface area contributed by atoms with Crippen molar-refractivity contribution in [1.82, 2.24) is 20.1 Å². The van der Waals surface area contributed by atoms with Gasteiger partial charge in [0.05, 0.1) is 35.2 Å². The molecule has 188 valence electrons. The highest BCUT2D eigenvalue weighted by Gasteiger charge is 2.21. The van der Waals surface area contributed by atoms with Crippen LogP contribution < -0.4 is 16.4 Å². The van der Waals surface area contributed by atoms with Gasteiger partial charge in [-0.3, -0.25) is 9.59 Å². The first kappa shape index (κ1) is 24.5. The molecule has 3 heterocycles. The van der Waals surface area contributed by atoms with Gasteiger partial charge in [-0.25, -0.2) is 9.67 Å². The summed E-state index contributed by atoms with van der Waals surface area (Å²) in [6.07, 6.45) is 0.839. The molecular formula is C27H25ClN6O3. The fourth-order valence-corrected chi connectivity index (χ4v) is 4.14. The number of para-hydroxylation sites is 1. The molecule has 0 unspecified atom stereocenters. The molecule has 0 saturated carbocycles. The molecule has 2 aromatic heterocycles. The van der Waals surface area contributed by atoms with Crippen LogP contribution in [0.2, 0.25) is 5.02 Å². The maximum Gasteiger partial charge on any atom is 0.271 e. The number of carbonyl (C=O) groups excluding carboxylic acids is 2. The smallest absolute Gasteiger partial charge is 0.271 e. The maximum atomic E-state index is 13.3.